The fourth-order valence-corrected chi connectivity index (χ4v) is 8.91. The summed E-state index contributed by atoms with van der Waals surface area (Å²) in [6.45, 7) is 0. The van der Waals surface area contributed by atoms with Gasteiger partial charge in [0, 0.05) is 43.9 Å². The summed E-state index contributed by atoms with van der Waals surface area (Å²) in [5, 5.41) is 4.25. The van der Waals surface area contributed by atoms with Crippen LogP contribution in [0.15, 0.2) is 223 Å². The van der Waals surface area contributed by atoms with Gasteiger partial charge in [0.2, 0.25) is 0 Å². The van der Waals surface area contributed by atoms with Crippen LogP contribution in [0.5, 0.6) is 0 Å². The van der Waals surface area contributed by atoms with E-state index in [0.29, 0.717) is 17.5 Å². The second-order valence-electron chi connectivity index (χ2n) is 15.6. The zero-order valence-electron chi connectivity index (χ0n) is 33.5. The van der Waals surface area contributed by atoms with E-state index in [2.05, 4.69) is 174 Å². The highest BCUT2D eigenvalue weighted by molar-refractivity contribution is 6.23. The van der Waals surface area contributed by atoms with E-state index in [9.17, 15) is 0 Å². The van der Waals surface area contributed by atoms with Crippen LogP contribution in [0.3, 0.4) is 0 Å². The van der Waals surface area contributed by atoms with Gasteiger partial charge < -0.3 is 8.98 Å². The maximum Gasteiger partial charge on any atom is 0.164 e. The van der Waals surface area contributed by atoms with Gasteiger partial charge in [-0.2, -0.15) is 0 Å². The topological polar surface area (TPSA) is 56.7 Å². The van der Waals surface area contributed by atoms with Crippen LogP contribution in [0.2, 0.25) is 0 Å². The average molecular weight is 793 g/mol. The number of furan rings is 1. The number of para-hydroxylation sites is 1. The van der Waals surface area contributed by atoms with Gasteiger partial charge in [0.05, 0.1) is 11.0 Å². The van der Waals surface area contributed by atoms with Gasteiger partial charge in [-0.05, 0) is 75.8 Å². The molecule has 0 radical (unpaired) electrons. The minimum Gasteiger partial charge on any atom is -0.454 e. The van der Waals surface area contributed by atoms with E-state index < -0.39 is 0 Å². The maximum atomic E-state index is 6.97. The highest BCUT2D eigenvalue weighted by Crippen LogP contribution is 2.43. The molecule has 3 heterocycles. The Morgan fingerprint density at radius 1 is 0.339 bits per heavy atom. The first-order valence-electron chi connectivity index (χ1n) is 20.8. The summed E-state index contributed by atoms with van der Waals surface area (Å²) >= 11 is 0. The van der Waals surface area contributed by atoms with Crippen molar-refractivity contribution in [2.75, 3.05) is 0 Å². The third-order valence-electron chi connectivity index (χ3n) is 11.9. The van der Waals surface area contributed by atoms with Crippen molar-refractivity contribution in [2.24, 2.45) is 0 Å². The first-order chi connectivity index (χ1) is 30.7. The molecule has 12 rings (SSSR count). The van der Waals surface area contributed by atoms with E-state index in [1.54, 1.807) is 0 Å². The SMILES string of the molecule is c1ccc(-c2cccc(-c3ccc(-n4c5ccccc5c5ccc6c(oc7cccc(-c8nc(-c9ccccc9)nc(-c9cccc(-c%10ccccc%10)c9)n8)c76)c54)cc3)c2)cc1. The summed E-state index contributed by atoms with van der Waals surface area (Å²) in [6, 6.07) is 76.2. The van der Waals surface area contributed by atoms with E-state index in [4.69, 9.17) is 19.4 Å². The van der Waals surface area contributed by atoms with Gasteiger partial charge in [-0.25, -0.2) is 15.0 Å². The molecule has 0 aliphatic carbocycles. The summed E-state index contributed by atoms with van der Waals surface area (Å²) in [5.74, 6) is 1.80. The lowest BCUT2D eigenvalue weighted by molar-refractivity contribution is 0.671. The lowest BCUT2D eigenvalue weighted by Crippen LogP contribution is -2.00. The van der Waals surface area contributed by atoms with E-state index in [0.717, 1.165) is 82.8 Å². The summed E-state index contributed by atoms with van der Waals surface area (Å²) < 4.78 is 9.31. The summed E-state index contributed by atoms with van der Waals surface area (Å²) in [4.78, 5) is 15.5. The molecule has 0 aliphatic rings. The lowest BCUT2D eigenvalue weighted by atomic mass is 9.99. The molecule has 5 nitrogen and oxygen atoms in total. The highest BCUT2D eigenvalue weighted by atomic mass is 16.3. The van der Waals surface area contributed by atoms with Crippen LogP contribution in [0.4, 0.5) is 0 Å². The molecule has 290 valence electrons. The molecule has 5 heteroatoms. The van der Waals surface area contributed by atoms with E-state index >= 15 is 0 Å². The molecule has 0 aliphatic heterocycles. The first kappa shape index (κ1) is 35.5. The molecular weight excluding hydrogens is 757 g/mol. The van der Waals surface area contributed by atoms with Crippen molar-refractivity contribution >= 4 is 43.7 Å². The van der Waals surface area contributed by atoms with Gasteiger partial charge in [0.15, 0.2) is 23.1 Å². The predicted molar refractivity (Wildman–Crippen MR) is 254 cm³/mol. The Morgan fingerprint density at radius 2 is 0.839 bits per heavy atom. The Balaban J connectivity index is 1.03. The van der Waals surface area contributed by atoms with Crippen molar-refractivity contribution in [1.29, 1.82) is 0 Å². The zero-order chi connectivity index (χ0) is 41.0. The van der Waals surface area contributed by atoms with Crippen molar-refractivity contribution in [3.8, 4) is 73.2 Å². The van der Waals surface area contributed by atoms with Crippen molar-refractivity contribution in [3.63, 3.8) is 0 Å². The van der Waals surface area contributed by atoms with Gasteiger partial charge in [0.1, 0.15) is 5.58 Å². The highest BCUT2D eigenvalue weighted by Gasteiger charge is 2.22. The molecule has 62 heavy (non-hydrogen) atoms. The molecule has 0 spiro atoms. The molecule has 0 saturated carbocycles. The van der Waals surface area contributed by atoms with E-state index in [1.165, 1.54) is 16.7 Å². The van der Waals surface area contributed by atoms with Crippen molar-refractivity contribution in [1.82, 2.24) is 19.5 Å². The Bertz CT molecular complexity index is 3610. The number of rotatable bonds is 7. The minimum atomic E-state index is 0.583. The number of hydrogen-bond donors (Lipinski definition) is 0. The van der Waals surface area contributed by atoms with Gasteiger partial charge in [-0.15, -0.1) is 0 Å². The molecule has 0 amide bonds. The average Bonchev–Trinajstić information content (AvgIpc) is 3.91. The molecule has 0 saturated heterocycles. The molecule has 9 aromatic carbocycles. The van der Waals surface area contributed by atoms with Crippen LogP contribution in [0.25, 0.3) is 117 Å². The van der Waals surface area contributed by atoms with Gasteiger partial charge in [0.25, 0.3) is 0 Å². The van der Waals surface area contributed by atoms with Crippen LogP contribution < -0.4 is 0 Å². The van der Waals surface area contributed by atoms with Crippen molar-refractivity contribution in [2.45, 2.75) is 0 Å². The molecule has 0 unspecified atom stereocenters. The largest absolute Gasteiger partial charge is 0.454 e. The molecule has 0 fully saturated rings. The van der Waals surface area contributed by atoms with Crippen LogP contribution in [0.1, 0.15) is 0 Å². The van der Waals surface area contributed by atoms with Crippen LogP contribution in [-0.2, 0) is 0 Å². The van der Waals surface area contributed by atoms with Crippen molar-refractivity contribution in [3.05, 3.63) is 218 Å². The standard InChI is InChI=1S/C57H36N4O/c1-4-15-37(16-5-1)41-21-12-22-42(35-41)39-29-31-45(32-30-39)61-50-27-11-10-25-46(50)47-33-34-48-52-49(26-14-28-51(52)62-54(48)53(47)61)57-59-55(40-19-8-3-9-20-40)58-56(60-57)44-24-13-23-43(36-44)38-17-6-2-7-18-38/h1-36H. The quantitative estimate of drug-likeness (QED) is 0.161. The second-order valence-corrected chi connectivity index (χ2v) is 15.6. The van der Waals surface area contributed by atoms with Crippen LogP contribution in [0, 0.1) is 0 Å². The van der Waals surface area contributed by atoms with Crippen LogP contribution >= 0.6 is 0 Å². The van der Waals surface area contributed by atoms with Gasteiger partial charge in [-0.3, -0.25) is 0 Å². The smallest absolute Gasteiger partial charge is 0.164 e. The second kappa shape index (κ2) is 14.7. The molecule has 3 aromatic heterocycles. The van der Waals surface area contributed by atoms with Crippen molar-refractivity contribution < 1.29 is 4.42 Å². The lowest BCUT2D eigenvalue weighted by Gasteiger charge is -2.11. The molecular formula is C57H36N4O. The Morgan fingerprint density at radius 3 is 1.52 bits per heavy atom. The maximum absolute atomic E-state index is 6.97. The number of benzene rings is 9. The normalized spacial score (nSPS) is 11.5. The third kappa shape index (κ3) is 6.06. The predicted octanol–water partition coefficient (Wildman–Crippen LogP) is 14.9. The number of hydrogen-bond acceptors (Lipinski definition) is 4. The monoisotopic (exact) mass is 792 g/mol. The number of fused-ring (bicyclic) bond motifs is 7. The molecule has 12 aromatic rings. The Hall–Kier alpha value is -8.41. The minimum absolute atomic E-state index is 0.583. The summed E-state index contributed by atoms with van der Waals surface area (Å²) in [5.41, 5.74) is 14.4. The first-order valence-corrected chi connectivity index (χ1v) is 20.8. The fraction of sp³-hybridized carbons (Fsp3) is 0. The summed E-state index contributed by atoms with van der Waals surface area (Å²) in [7, 11) is 0. The van der Waals surface area contributed by atoms with E-state index in [1.807, 2.05) is 48.5 Å². The molecule has 0 bridgehead atoms. The van der Waals surface area contributed by atoms with Gasteiger partial charge >= 0.3 is 0 Å². The van der Waals surface area contributed by atoms with Crippen LogP contribution in [-0.4, -0.2) is 19.5 Å². The number of aromatic nitrogens is 4. The molecule has 0 atom stereocenters. The summed E-state index contributed by atoms with van der Waals surface area (Å²) in [6.07, 6.45) is 0. The van der Waals surface area contributed by atoms with E-state index in [-0.39, 0.29) is 0 Å². The Kier molecular flexibility index (Phi) is 8.42. The zero-order valence-corrected chi connectivity index (χ0v) is 33.5. The third-order valence-corrected chi connectivity index (χ3v) is 11.9. The van der Waals surface area contributed by atoms with Gasteiger partial charge in [-0.1, -0.05) is 176 Å². The molecule has 0 N–H and O–H groups in total. The number of nitrogens with zero attached hydrogens (tertiary/aromatic N) is 4. The Labute approximate surface area is 357 Å². The fourth-order valence-electron chi connectivity index (χ4n) is 8.91.